The van der Waals surface area contributed by atoms with Crippen molar-refractivity contribution < 1.29 is 0 Å². The van der Waals surface area contributed by atoms with Crippen LogP contribution in [-0.2, 0) is 16.2 Å². The van der Waals surface area contributed by atoms with Crippen molar-refractivity contribution in [2.45, 2.75) is 16.2 Å². The van der Waals surface area contributed by atoms with Crippen LogP contribution < -0.4 is 0 Å². The minimum atomic E-state index is -0.656. The van der Waals surface area contributed by atoms with Crippen LogP contribution in [0.15, 0.2) is 334 Å². The number of benzene rings is 13. The standard InChI is InChI=1S/C81H55N/c1-8-26-58(27-9-1)79(59-28-10-2-11-29-59,60-30-12-3-13-31-60)65-46-49-69-68-48-44-57(53-74(68)81(75(69)54-65,63-36-18-6-19-37-63)64-38-20-7-21-39-64)56-45-51-78-72(52-56)71-41-23-25-43-77(71)82(78)66-47-50-70-67-40-22-24-42-73(67)80(76(70)55-66,61-32-14-4-15-33-61)62-34-16-5-17-35-62/h1-55H. The Balaban J connectivity index is 0.898. The van der Waals surface area contributed by atoms with Crippen LogP contribution in [-0.4, -0.2) is 4.57 Å². The van der Waals surface area contributed by atoms with Crippen LogP contribution in [0.5, 0.6) is 0 Å². The van der Waals surface area contributed by atoms with Crippen molar-refractivity contribution in [1.82, 2.24) is 4.57 Å². The molecule has 1 aromatic heterocycles. The fraction of sp³-hybridized carbons (Fsp3) is 0.0370. The van der Waals surface area contributed by atoms with Crippen LogP contribution in [0.25, 0.3) is 60.9 Å². The molecule has 1 heteroatoms. The maximum atomic E-state index is 2.56. The van der Waals surface area contributed by atoms with Gasteiger partial charge in [0.15, 0.2) is 0 Å². The van der Waals surface area contributed by atoms with E-state index in [-0.39, 0.29) is 0 Å². The molecule has 1 heterocycles. The lowest BCUT2D eigenvalue weighted by Gasteiger charge is -2.39. The van der Waals surface area contributed by atoms with Crippen LogP contribution >= 0.6 is 0 Å². The summed E-state index contributed by atoms with van der Waals surface area (Å²) in [5.74, 6) is 0. The summed E-state index contributed by atoms with van der Waals surface area (Å²) in [6, 6.07) is 125. The van der Waals surface area contributed by atoms with Gasteiger partial charge < -0.3 is 4.57 Å². The third kappa shape index (κ3) is 6.81. The van der Waals surface area contributed by atoms with Gasteiger partial charge in [-0.15, -0.1) is 0 Å². The monoisotopic (exact) mass is 1040 g/mol. The summed E-state index contributed by atoms with van der Waals surface area (Å²) in [5.41, 5.74) is 24.2. The highest BCUT2D eigenvalue weighted by Gasteiger charge is 2.49. The molecule has 14 aromatic rings. The van der Waals surface area contributed by atoms with E-state index >= 15 is 0 Å². The predicted molar refractivity (Wildman–Crippen MR) is 339 cm³/mol. The fourth-order valence-electron chi connectivity index (χ4n) is 15.0. The zero-order valence-corrected chi connectivity index (χ0v) is 45.2. The number of aromatic nitrogens is 1. The van der Waals surface area contributed by atoms with Gasteiger partial charge in [-0.2, -0.15) is 0 Å². The van der Waals surface area contributed by atoms with E-state index in [1.165, 1.54) is 122 Å². The van der Waals surface area contributed by atoms with Gasteiger partial charge >= 0.3 is 0 Å². The molecule has 16 rings (SSSR count). The zero-order chi connectivity index (χ0) is 54.2. The predicted octanol–water partition coefficient (Wildman–Crippen LogP) is 19.6. The molecule has 0 radical (unpaired) electrons. The molecular weight excluding hydrogens is 987 g/mol. The first-order valence-corrected chi connectivity index (χ1v) is 28.7. The molecule has 0 bridgehead atoms. The van der Waals surface area contributed by atoms with Gasteiger partial charge in [-0.3, -0.25) is 0 Å². The van der Waals surface area contributed by atoms with Crippen LogP contribution in [0, 0.1) is 0 Å². The molecule has 2 aliphatic rings. The first-order chi connectivity index (χ1) is 40.7. The summed E-state index contributed by atoms with van der Waals surface area (Å²) in [7, 11) is 0. The molecule has 0 aliphatic heterocycles. The summed E-state index contributed by atoms with van der Waals surface area (Å²) >= 11 is 0. The van der Waals surface area contributed by atoms with Crippen LogP contribution in [0.2, 0.25) is 0 Å². The Morgan fingerprint density at radius 3 is 1.16 bits per heavy atom. The van der Waals surface area contributed by atoms with Gasteiger partial charge in [0, 0.05) is 16.5 Å². The first-order valence-electron chi connectivity index (χ1n) is 28.7. The van der Waals surface area contributed by atoms with Crippen molar-refractivity contribution in [3.8, 4) is 39.1 Å². The van der Waals surface area contributed by atoms with Gasteiger partial charge in [-0.1, -0.05) is 297 Å². The van der Waals surface area contributed by atoms with Crippen molar-refractivity contribution in [3.63, 3.8) is 0 Å². The van der Waals surface area contributed by atoms with E-state index < -0.39 is 16.2 Å². The van der Waals surface area contributed by atoms with Crippen LogP contribution in [0.4, 0.5) is 0 Å². The normalized spacial score (nSPS) is 13.6. The van der Waals surface area contributed by atoms with Crippen molar-refractivity contribution in [1.29, 1.82) is 0 Å². The fourth-order valence-corrected chi connectivity index (χ4v) is 15.0. The molecular formula is C81H55N. The molecule has 0 saturated heterocycles. The van der Waals surface area contributed by atoms with Gasteiger partial charge in [0.25, 0.3) is 0 Å². The topological polar surface area (TPSA) is 4.93 Å². The number of para-hydroxylation sites is 1. The van der Waals surface area contributed by atoms with Gasteiger partial charge in [-0.05, 0) is 137 Å². The summed E-state index contributed by atoms with van der Waals surface area (Å²) in [6.07, 6.45) is 0. The Hall–Kier alpha value is -10.3. The maximum Gasteiger partial charge on any atom is 0.0714 e. The van der Waals surface area contributed by atoms with E-state index in [2.05, 4.69) is 338 Å². The van der Waals surface area contributed by atoms with Crippen molar-refractivity contribution in [2.75, 3.05) is 0 Å². The average molecular weight is 1040 g/mol. The minimum absolute atomic E-state index is 0.505. The zero-order valence-electron chi connectivity index (χ0n) is 45.2. The highest BCUT2D eigenvalue weighted by Crippen LogP contribution is 2.60. The van der Waals surface area contributed by atoms with Crippen LogP contribution in [0.3, 0.4) is 0 Å². The van der Waals surface area contributed by atoms with E-state index in [9.17, 15) is 0 Å². The SMILES string of the molecule is c1ccc(C(c2ccccc2)(c2ccccc2)c2ccc3c(c2)C(c2ccccc2)(c2ccccc2)c2cc(-c4ccc5c(c4)c4ccccc4n5-c4ccc5c(c4)C(c4ccccc4)(c4ccccc4)c4ccccc4-5)ccc2-3)cc1. The van der Waals surface area contributed by atoms with E-state index in [1.54, 1.807) is 0 Å². The highest BCUT2D eigenvalue weighted by atomic mass is 15.0. The second-order valence-corrected chi connectivity index (χ2v) is 22.2. The smallest absolute Gasteiger partial charge is 0.0714 e. The lowest BCUT2D eigenvalue weighted by atomic mass is 9.63. The quantitative estimate of drug-likeness (QED) is 0.120. The summed E-state index contributed by atoms with van der Waals surface area (Å²) in [6.45, 7) is 0. The minimum Gasteiger partial charge on any atom is -0.309 e. The molecule has 0 fully saturated rings. The second-order valence-electron chi connectivity index (χ2n) is 22.2. The molecule has 0 unspecified atom stereocenters. The lowest BCUT2D eigenvalue weighted by molar-refractivity contribution is 0.729. The van der Waals surface area contributed by atoms with E-state index in [1.807, 2.05) is 0 Å². The molecule has 82 heavy (non-hydrogen) atoms. The third-order valence-corrected chi connectivity index (χ3v) is 18.3. The van der Waals surface area contributed by atoms with Gasteiger partial charge in [0.2, 0.25) is 0 Å². The van der Waals surface area contributed by atoms with Crippen molar-refractivity contribution >= 4 is 21.8 Å². The summed E-state index contributed by atoms with van der Waals surface area (Å²) in [5, 5.41) is 2.45. The largest absolute Gasteiger partial charge is 0.309 e. The van der Waals surface area contributed by atoms with Crippen molar-refractivity contribution in [2.24, 2.45) is 0 Å². The average Bonchev–Trinajstić information content (AvgIpc) is 2.41. The van der Waals surface area contributed by atoms with Crippen LogP contribution in [0.1, 0.15) is 66.8 Å². The molecule has 0 atom stereocenters. The molecule has 1 nitrogen and oxygen atoms in total. The summed E-state index contributed by atoms with van der Waals surface area (Å²) < 4.78 is 2.49. The molecule has 0 spiro atoms. The molecule has 0 N–H and O–H groups in total. The Labute approximate surface area is 479 Å². The molecule has 0 saturated carbocycles. The number of nitrogens with zero attached hydrogens (tertiary/aromatic N) is 1. The number of rotatable bonds is 10. The Morgan fingerprint density at radius 2 is 0.610 bits per heavy atom. The highest BCUT2D eigenvalue weighted by molar-refractivity contribution is 6.11. The molecule has 2 aliphatic carbocycles. The number of hydrogen-bond donors (Lipinski definition) is 0. The third-order valence-electron chi connectivity index (χ3n) is 18.3. The van der Waals surface area contributed by atoms with Crippen molar-refractivity contribution in [3.05, 3.63) is 400 Å². The maximum absolute atomic E-state index is 2.56. The first kappa shape index (κ1) is 47.6. The van der Waals surface area contributed by atoms with Gasteiger partial charge in [0.1, 0.15) is 0 Å². The molecule has 0 amide bonds. The number of fused-ring (bicyclic) bond motifs is 9. The molecule has 384 valence electrons. The Bertz CT molecular complexity index is 4520. The Morgan fingerprint density at radius 1 is 0.232 bits per heavy atom. The van der Waals surface area contributed by atoms with Gasteiger partial charge in [0.05, 0.1) is 27.3 Å². The van der Waals surface area contributed by atoms with E-state index in [0.29, 0.717) is 0 Å². The number of hydrogen-bond acceptors (Lipinski definition) is 0. The summed E-state index contributed by atoms with van der Waals surface area (Å²) in [4.78, 5) is 0. The van der Waals surface area contributed by atoms with E-state index in [0.717, 1.165) is 5.69 Å². The lowest BCUT2D eigenvalue weighted by Crippen LogP contribution is -2.33. The van der Waals surface area contributed by atoms with Gasteiger partial charge in [-0.25, -0.2) is 0 Å². The Kier molecular flexibility index (Phi) is 11.0. The van der Waals surface area contributed by atoms with E-state index in [4.69, 9.17) is 0 Å². The molecule has 13 aromatic carbocycles. The second kappa shape index (κ2) is 18.9.